The van der Waals surface area contributed by atoms with Gasteiger partial charge in [-0.2, -0.15) is 0 Å². The van der Waals surface area contributed by atoms with Crippen LogP contribution in [0.5, 0.6) is 0 Å². The van der Waals surface area contributed by atoms with Gasteiger partial charge in [0.05, 0.1) is 0 Å². The van der Waals surface area contributed by atoms with Gasteiger partial charge in [-0.3, -0.25) is 9.69 Å². The SMILES string of the molecule is Cc1cccc(N2CCN(CCCN(C)C(=O)c3nc(C)n(C4CCCC4)c3C)CC2)c1C. The third-order valence-electron chi connectivity index (χ3n) is 7.82. The topological polar surface area (TPSA) is 44.6 Å². The van der Waals surface area contributed by atoms with Crippen LogP contribution in [0, 0.1) is 27.7 Å². The normalized spacial score (nSPS) is 17.7. The summed E-state index contributed by atoms with van der Waals surface area (Å²) in [5.41, 5.74) is 5.82. The molecule has 1 aliphatic heterocycles. The molecule has 0 N–H and O–H groups in total. The minimum atomic E-state index is 0.0621. The largest absolute Gasteiger partial charge is 0.369 e. The van der Waals surface area contributed by atoms with Gasteiger partial charge < -0.3 is 14.4 Å². The van der Waals surface area contributed by atoms with Gasteiger partial charge in [0.25, 0.3) is 5.91 Å². The van der Waals surface area contributed by atoms with E-state index < -0.39 is 0 Å². The summed E-state index contributed by atoms with van der Waals surface area (Å²) < 4.78 is 2.31. The Morgan fingerprint density at radius 1 is 1.06 bits per heavy atom. The quantitative estimate of drug-likeness (QED) is 0.621. The van der Waals surface area contributed by atoms with E-state index in [-0.39, 0.29) is 5.91 Å². The highest BCUT2D eigenvalue weighted by Gasteiger charge is 2.26. The zero-order valence-corrected chi connectivity index (χ0v) is 21.2. The van der Waals surface area contributed by atoms with Gasteiger partial charge in [-0.25, -0.2) is 4.98 Å². The summed E-state index contributed by atoms with van der Waals surface area (Å²) in [6.07, 6.45) is 5.97. The van der Waals surface area contributed by atoms with Gasteiger partial charge in [-0.05, 0) is 70.7 Å². The number of aromatic nitrogens is 2. The van der Waals surface area contributed by atoms with Crippen molar-refractivity contribution in [2.45, 2.75) is 65.8 Å². The number of aryl methyl sites for hydroxylation is 2. The van der Waals surface area contributed by atoms with E-state index in [1.165, 1.54) is 42.5 Å². The molecule has 0 spiro atoms. The number of anilines is 1. The Morgan fingerprint density at radius 2 is 1.76 bits per heavy atom. The number of benzene rings is 1. The van der Waals surface area contributed by atoms with Crippen LogP contribution in [-0.4, -0.2) is 71.6 Å². The van der Waals surface area contributed by atoms with Crippen molar-refractivity contribution in [2.24, 2.45) is 0 Å². The van der Waals surface area contributed by atoms with Crippen LogP contribution in [-0.2, 0) is 0 Å². The fourth-order valence-corrected chi connectivity index (χ4v) is 5.66. The molecule has 33 heavy (non-hydrogen) atoms. The van der Waals surface area contributed by atoms with E-state index in [9.17, 15) is 4.79 Å². The number of rotatable bonds is 7. The average molecular weight is 452 g/mol. The lowest BCUT2D eigenvalue weighted by molar-refractivity contribution is 0.0781. The highest BCUT2D eigenvalue weighted by atomic mass is 16.2. The van der Waals surface area contributed by atoms with Crippen molar-refractivity contribution >= 4 is 11.6 Å². The molecule has 1 aromatic carbocycles. The van der Waals surface area contributed by atoms with Crippen molar-refractivity contribution in [3.8, 4) is 0 Å². The third kappa shape index (κ3) is 5.11. The average Bonchev–Trinajstić information content (AvgIpc) is 3.43. The number of piperazine rings is 1. The van der Waals surface area contributed by atoms with Gasteiger partial charge in [-0.15, -0.1) is 0 Å². The Labute approximate surface area is 199 Å². The maximum Gasteiger partial charge on any atom is 0.274 e. The molecular weight excluding hydrogens is 410 g/mol. The first-order chi connectivity index (χ1) is 15.9. The number of imidazole rings is 1. The predicted molar refractivity (Wildman–Crippen MR) is 135 cm³/mol. The molecule has 1 amide bonds. The first-order valence-electron chi connectivity index (χ1n) is 12.7. The fraction of sp³-hybridized carbons (Fsp3) is 0.630. The number of carbonyl (C=O) groups is 1. The molecule has 4 rings (SSSR count). The summed E-state index contributed by atoms with van der Waals surface area (Å²) in [5, 5.41) is 0. The molecule has 1 saturated carbocycles. The second kappa shape index (κ2) is 10.3. The van der Waals surface area contributed by atoms with Gasteiger partial charge in [0.1, 0.15) is 11.5 Å². The van der Waals surface area contributed by atoms with E-state index in [1.807, 2.05) is 18.9 Å². The smallest absolute Gasteiger partial charge is 0.274 e. The summed E-state index contributed by atoms with van der Waals surface area (Å²) in [7, 11) is 1.92. The minimum Gasteiger partial charge on any atom is -0.369 e. The van der Waals surface area contributed by atoms with Crippen LogP contribution in [0.25, 0.3) is 0 Å². The molecule has 0 atom stereocenters. The molecule has 6 heteroatoms. The van der Waals surface area contributed by atoms with Crippen LogP contribution in [0.15, 0.2) is 18.2 Å². The zero-order chi connectivity index (χ0) is 23.5. The second-order valence-electron chi connectivity index (χ2n) is 10.0. The number of nitrogens with zero attached hydrogens (tertiary/aromatic N) is 5. The Bertz CT molecular complexity index is 967. The zero-order valence-electron chi connectivity index (χ0n) is 21.2. The molecule has 0 bridgehead atoms. The van der Waals surface area contributed by atoms with Crippen LogP contribution in [0.4, 0.5) is 5.69 Å². The van der Waals surface area contributed by atoms with Crippen molar-refractivity contribution in [1.82, 2.24) is 19.4 Å². The molecule has 0 unspecified atom stereocenters. The van der Waals surface area contributed by atoms with Gasteiger partial charge in [0.2, 0.25) is 0 Å². The highest BCUT2D eigenvalue weighted by molar-refractivity contribution is 5.93. The molecule has 1 aliphatic carbocycles. The van der Waals surface area contributed by atoms with Crippen LogP contribution in [0.1, 0.15) is 71.3 Å². The van der Waals surface area contributed by atoms with Crippen molar-refractivity contribution in [2.75, 3.05) is 51.2 Å². The summed E-state index contributed by atoms with van der Waals surface area (Å²) in [5.74, 6) is 1.05. The maximum atomic E-state index is 13.1. The molecule has 0 radical (unpaired) electrons. The lowest BCUT2D eigenvalue weighted by atomic mass is 10.1. The summed E-state index contributed by atoms with van der Waals surface area (Å²) >= 11 is 0. The number of carbonyl (C=O) groups excluding carboxylic acids is 1. The summed E-state index contributed by atoms with van der Waals surface area (Å²) in [4.78, 5) is 24.7. The highest BCUT2D eigenvalue weighted by Crippen LogP contribution is 2.32. The van der Waals surface area contributed by atoms with Crippen molar-refractivity contribution in [3.05, 3.63) is 46.5 Å². The van der Waals surface area contributed by atoms with E-state index in [4.69, 9.17) is 0 Å². The van der Waals surface area contributed by atoms with E-state index in [0.29, 0.717) is 11.7 Å². The molecule has 6 nitrogen and oxygen atoms in total. The van der Waals surface area contributed by atoms with Crippen molar-refractivity contribution in [3.63, 3.8) is 0 Å². The predicted octanol–water partition coefficient (Wildman–Crippen LogP) is 4.52. The van der Waals surface area contributed by atoms with Gasteiger partial charge in [0, 0.05) is 57.2 Å². The minimum absolute atomic E-state index is 0.0621. The van der Waals surface area contributed by atoms with Gasteiger partial charge in [0.15, 0.2) is 0 Å². The van der Waals surface area contributed by atoms with Gasteiger partial charge in [-0.1, -0.05) is 25.0 Å². The number of hydrogen-bond acceptors (Lipinski definition) is 4. The van der Waals surface area contributed by atoms with Crippen molar-refractivity contribution < 1.29 is 4.79 Å². The third-order valence-corrected chi connectivity index (χ3v) is 7.82. The van der Waals surface area contributed by atoms with Crippen LogP contribution in [0.3, 0.4) is 0 Å². The number of hydrogen-bond donors (Lipinski definition) is 0. The van der Waals surface area contributed by atoms with Crippen LogP contribution < -0.4 is 4.90 Å². The molecule has 2 aliphatic rings. The van der Waals surface area contributed by atoms with Crippen molar-refractivity contribution in [1.29, 1.82) is 0 Å². The molecule has 2 heterocycles. The Kier molecular flexibility index (Phi) is 7.42. The fourth-order valence-electron chi connectivity index (χ4n) is 5.66. The Balaban J connectivity index is 1.25. The molecule has 2 aromatic rings. The first kappa shape index (κ1) is 23.8. The van der Waals surface area contributed by atoms with Gasteiger partial charge >= 0.3 is 0 Å². The maximum absolute atomic E-state index is 13.1. The van der Waals surface area contributed by atoms with E-state index in [0.717, 1.165) is 57.2 Å². The first-order valence-corrected chi connectivity index (χ1v) is 12.7. The lowest BCUT2D eigenvalue weighted by Crippen LogP contribution is -2.47. The summed E-state index contributed by atoms with van der Waals surface area (Å²) in [6.45, 7) is 14.6. The van der Waals surface area contributed by atoms with E-state index in [2.05, 4.69) is 58.3 Å². The molecule has 1 aromatic heterocycles. The standard InChI is InChI=1S/C27H41N5O/c1-20-10-8-13-25(21(20)2)31-18-16-30(17-19-31)15-9-14-29(5)27(33)26-22(3)32(23(4)28-26)24-11-6-7-12-24/h8,10,13,24H,6-7,9,11-12,14-19H2,1-5H3. The molecule has 180 valence electrons. The molecular formula is C27H41N5O. The van der Waals surface area contributed by atoms with Crippen LogP contribution >= 0.6 is 0 Å². The molecule has 2 fully saturated rings. The van der Waals surface area contributed by atoms with E-state index in [1.54, 1.807) is 0 Å². The lowest BCUT2D eigenvalue weighted by Gasteiger charge is -2.37. The van der Waals surface area contributed by atoms with E-state index >= 15 is 0 Å². The monoisotopic (exact) mass is 451 g/mol. The Hall–Kier alpha value is -2.34. The molecule has 1 saturated heterocycles. The summed E-state index contributed by atoms with van der Waals surface area (Å²) in [6, 6.07) is 7.12. The Morgan fingerprint density at radius 3 is 2.45 bits per heavy atom. The van der Waals surface area contributed by atoms with Crippen LogP contribution in [0.2, 0.25) is 0 Å². The second-order valence-corrected chi connectivity index (χ2v) is 10.0. The number of amides is 1.